The van der Waals surface area contributed by atoms with Crippen molar-refractivity contribution in [3.8, 4) is 5.75 Å². The predicted octanol–water partition coefficient (Wildman–Crippen LogP) is 1.73. The van der Waals surface area contributed by atoms with Gasteiger partial charge in [0.05, 0.1) is 7.11 Å². The zero-order valence-electron chi connectivity index (χ0n) is 11.1. The van der Waals surface area contributed by atoms with E-state index in [1.807, 2.05) is 31.2 Å². The number of oxime groups is 1. The zero-order valence-corrected chi connectivity index (χ0v) is 11.1. The SMILES string of the molecule is COc1cccc([C@H](C)NCC(C)/C(N)=N/O)c1. The molecule has 0 fully saturated rings. The van der Waals surface area contributed by atoms with Crippen molar-refractivity contribution in [2.45, 2.75) is 19.9 Å². The van der Waals surface area contributed by atoms with Gasteiger partial charge in [-0.1, -0.05) is 24.2 Å². The normalized spacial score (nSPS) is 15.2. The van der Waals surface area contributed by atoms with Crippen LogP contribution in [0.1, 0.15) is 25.5 Å². The highest BCUT2D eigenvalue weighted by Gasteiger charge is 2.11. The summed E-state index contributed by atoms with van der Waals surface area (Å²) in [5, 5.41) is 14.9. The van der Waals surface area contributed by atoms with Crippen LogP contribution < -0.4 is 15.8 Å². The Morgan fingerprint density at radius 2 is 2.22 bits per heavy atom. The summed E-state index contributed by atoms with van der Waals surface area (Å²) in [7, 11) is 1.65. The van der Waals surface area contributed by atoms with Crippen LogP contribution in [0.15, 0.2) is 29.4 Å². The summed E-state index contributed by atoms with van der Waals surface area (Å²) in [6, 6.07) is 8.07. The van der Waals surface area contributed by atoms with Gasteiger partial charge in [0.1, 0.15) is 11.6 Å². The molecule has 0 aliphatic heterocycles. The Kier molecular flexibility index (Phi) is 5.45. The molecule has 0 radical (unpaired) electrons. The van der Waals surface area contributed by atoms with E-state index < -0.39 is 0 Å². The molecule has 1 unspecified atom stereocenters. The maximum Gasteiger partial charge on any atom is 0.143 e. The Bertz CT molecular complexity index is 407. The van der Waals surface area contributed by atoms with Crippen molar-refractivity contribution in [2.24, 2.45) is 16.8 Å². The number of benzene rings is 1. The molecule has 5 heteroatoms. The Balaban J connectivity index is 2.57. The van der Waals surface area contributed by atoms with E-state index in [-0.39, 0.29) is 17.8 Å². The highest BCUT2D eigenvalue weighted by Crippen LogP contribution is 2.18. The molecule has 0 aromatic heterocycles. The van der Waals surface area contributed by atoms with E-state index in [1.165, 1.54) is 0 Å². The van der Waals surface area contributed by atoms with E-state index in [0.717, 1.165) is 11.3 Å². The molecule has 1 aromatic rings. The summed E-state index contributed by atoms with van der Waals surface area (Å²) in [6.45, 7) is 4.61. The molecular weight excluding hydrogens is 230 g/mol. The number of methoxy groups -OCH3 is 1. The van der Waals surface area contributed by atoms with E-state index in [9.17, 15) is 0 Å². The number of ether oxygens (including phenoxy) is 1. The van der Waals surface area contributed by atoms with E-state index in [2.05, 4.69) is 17.4 Å². The van der Waals surface area contributed by atoms with Crippen LogP contribution in [0.3, 0.4) is 0 Å². The van der Waals surface area contributed by atoms with E-state index in [0.29, 0.717) is 6.54 Å². The smallest absolute Gasteiger partial charge is 0.143 e. The first-order valence-electron chi connectivity index (χ1n) is 5.93. The van der Waals surface area contributed by atoms with E-state index in [4.69, 9.17) is 15.7 Å². The van der Waals surface area contributed by atoms with E-state index >= 15 is 0 Å². The third-order valence-electron chi connectivity index (χ3n) is 2.94. The van der Waals surface area contributed by atoms with Gasteiger partial charge in [0.15, 0.2) is 0 Å². The number of hydrogen-bond acceptors (Lipinski definition) is 4. The predicted molar refractivity (Wildman–Crippen MR) is 72.0 cm³/mol. The molecule has 0 heterocycles. The van der Waals surface area contributed by atoms with Gasteiger partial charge < -0.3 is 21.0 Å². The second-order valence-corrected chi connectivity index (χ2v) is 4.33. The molecule has 5 nitrogen and oxygen atoms in total. The second kappa shape index (κ2) is 6.86. The van der Waals surface area contributed by atoms with Gasteiger partial charge in [0.2, 0.25) is 0 Å². The standard InChI is InChI=1S/C13H21N3O2/c1-9(13(14)16-17)8-15-10(2)11-5-4-6-12(7-11)18-3/h4-7,9-10,15,17H,8H2,1-3H3,(H2,14,16)/t9?,10-/m0/s1. The van der Waals surface area contributed by atoms with Gasteiger partial charge in [-0.15, -0.1) is 0 Å². The average Bonchev–Trinajstić information content (AvgIpc) is 2.43. The van der Waals surface area contributed by atoms with Crippen LogP contribution in [0.2, 0.25) is 0 Å². The van der Waals surface area contributed by atoms with Gasteiger partial charge in [-0.2, -0.15) is 0 Å². The van der Waals surface area contributed by atoms with E-state index in [1.54, 1.807) is 7.11 Å². The third kappa shape index (κ3) is 3.92. The molecule has 0 spiro atoms. The number of amidine groups is 1. The van der Waals surface area contributed by atoms with Crippen LogP contribution in [0.25, 0.3) is 0 Å². The molecular formula is C13H21N3O2. The summed E-state index contributed by atoms with van der Waals surface area (Å²) in [4.78, 5) is 0. The Hall–Kier alpha value is -1.75. The van der Waals surface area contributed by atoms with Crippen molar-refractivity contribution >= 4 is 5.84 Å². The van der Waals surface area contributed by atoms with Crippen LogP contribution in [0.5, 0.6) is 5.75 Å². The van der Waals surface area contributed by atoms with Crippen molar-refractivity contribution in [1.82, 2.24) is 5.32 Å². The number of nitrogens with one attached hydrogen (secondary N) is 1. The van der Waals surface area contributed by atoms with Crippen molar-refractivity contribution < 1.29 is 9.94 Å². The van der Waals surface area contributed by atoms with Crippen molar-refractivity contribution in [3.05, 3.63) is 29.8 Å². The molecule has 2 atom stereocenters. The highest BCUT2D eigenvalue weighted by molar-refractivity contribution is 5.82. The van der Waals surface area contributed by atoms with Crippen LogP contribution >= 0.6 is 0 Å². The molecule has 0 amide bonds. The lowest BCUT2D eigenvalue weighted by molar-refractivity contribution is 0.313. The van der Waals surface area contributed by atoms with Gasteiger partial charge in [0, 0.05) is 18.5 Å². The fourth-order valence-corrected chi connectivity index (χ4v) is 1.59. The highest BCUT2D eigenvalue weighted by atomic mass is 16.5. The molecule has 0 bridgehead atoms. The molecule has 0 saturated carbocycles. The van der Waals surface area contributed by atoms with Gasteiger partial charge in [0.25, 0.3) is 0 Å². The minimum Gasteiger partial charge on any atom is -0.497 e. The first-order chi connectivity index (χ1) is 8.58. The molecule has 1 rings (SSSR count). The van der Waals surface area contributed by atoms with Crippen molar-refractivity contribution in [1.29, 1.82) is 0 Å². The van der Waals surface area contributed by atoms with Gasteiger partial charge in [-0.25, -0.2) is 0 Å². The monoisotopic (exact) mass is 251 g/mol. The van der Waals surface area contributed by atoms with Crippen LogP contribution in [0, 0.1) is 5.92 Å². The summed E-state index contributed by atoms with van der Waals surface area (Å²) in [5.74, 6) is 1.06. The Morgan fingerprint density at radius 3 is 2.83 bits per heavy atom. The van der Waals surface area contributed by atoms with Gasteiger partial charge >= 0.3 is 0 Å². The maximum absolute atomic E-state index is 8.57. The lowest BCUT2D eigenvalue weighted by Gasteiger charge is -2.17. The third-order valence-corrected chi connectivity index (χ3v) is 2.94. The zero-order chi connectivity index (χ0) is 13.5. The molecule has 0 aliphatic rings. The number of hydrogen-bond donors (Lipinski definition) is 3. The first-order valence-corrected chi connectivity index (χ1v) is 5.93. The fraction of sp³-hybridized carbons (Fsp3) is 0.462. The molecule has 0 saturated heterocycles. The lowest BCUT2D eigenvalue weighted by atomic mass is 10.1. The fourth-order valence-electron chi connectivity index (χ4n) is 1.59. The summed E-state index contributed by atoms with van der Waals surface area (Å²) >= 11 is 0. The number of nitrogens with zero attached hydrogens (tertiary/aromatic N) is 1. The largest absolute Gasteiger partial charge is 0.497 e. The average molecular weight is 251 g/mol. The maximum atomic E-state index is 8.57. The summed E-state index contributed by atoms with van der Waals surface area (Å²) < 4.78 is 5.19. The lowest BCUT2D eigenvalue weighted by Crippen LogP contribution is -2.32. The molecule has 1 aromatic carbocycles. The first kappa shape index (κ1) is 14.3. The van der Waals surface area contributed by atoms with Crippen LogP contribution in [-0.2, 0) is 0 Å². The second-order valence-electron chi connectivity index (χ2n) is 4.33. The van der Waals surface area contributed by atoms with Crippen LogP contribution in [-0.4, -0.2) is 24.7 Å². The quantitative estimate of drug-likeness (QED) is 0.311. The Labute approximate surface area is 108 Å². The molecule has 100 valence electrons. The van der Waals surface area contributed by atoms with Gasteiger partial charge in [-0.05, 0) is 24.6 Å². The minimum atomic E-state index is -0.0111. The molecule has 18 heavy (non-hydrogen) atoms. The minimum absolute atomic E-state index is 0.0111. The number of rotatable bonds is 6. The topological polar surface area (TPSA) is 79.9 Å². The molecule has 0 aliphatic carbocycles. The Morgan fingerprint density at radius 1 is 1.50 bits per heavy atom. The summed E-state index contributed by atoms with van der Waals surface area (Å²) in [5.41, 5.74) is 6.67. The van der Waals surface area contributed by atoms with Crippen LogP contribution in [0.4, 0.5) is 0 Å². The summed E-state index contributed by atoms with van der Waals surface area (Å²) in [6.07, 6.45) is 0. The van der Waals surface area contributed by atoms with Crippen molar-refractivity contribution in [3.63, 3.8) is 0 Å². The van der Waals surface area contributed by atoms with Gasteiger partial charge in [-0.3, -0.25) is 0 Å². The molecule has 4 N–H and O–H groups in total. The van der Waals surface area contributed by atoms with Crippen molar-refractivity contribution in [2.75, 3.05) is 13.7 Å². The number of nitrogens with two attached hydrogens (primary N) is 1.